The molecule has 0 aliphatic heterocycles. The third-order valence-electron chi connectivity index (χ3n) is 6.57. The molecule has 3 nitrogen and oxygen atoms in total. The predicted octanol–water partition coefficient (Wildman–Crippen LogP) is 8.02. The van der Waals surface area contributed by atoms with Gasteiger partial charge < -0.3 is 15.5 Å². The molecule has 0 bridgehead atoms. The number of nitrogens with two attached hydrogens (primary N) is 1. The van der Waals surface area contributed by atoms with Gasteiger partial charge in [0, 0.05) is 11.4 Å². The largest absolute Gasteiger partial charge is 0.399 e. The van der Waals surface area contributed by atoms with Gasteiger partial charge in [0.25, 0.3) is 0 Å². The minimum absolute atomic E-state index is 0.824. The zero-order valence-corrected chi connectivity index (χ0v) is 21.3. The van der Waals surface area contributed by atoms with Crippen LogP contribution in [-0.2, 0) is 0 Å². The topological polar surface area (TPSA) is 38.0 Å². The molecule has 1 rings (SSSR count). The number of nitrogen functional groups attached to an aromatic ring is 1. The molecule has 0 saturated heterocycles. The van der Waals surface area contributed by atoms with Crippen molar-refractivity contribution in [1.29, 1.82) is 0 Å². The van der Waals surface area contributed by atoms with E-state index in [0.29, 0.717) is 0 Å². The van der Waals surface area contributed by atoms with Gasteiger partial charge in [-0.25, -0.2) is 0 Å². The van der Waals surface area contributed by atoms with Gasteiger partial charge in [0.2, 0.25) is 0 Å². The van der Waals surface area contributed by atoms with Gasteiger partial charge in [-0.05, 0) is 37.1 Å². The molecule has 0 spiro atoms. The summed E-state index contributed by atoms with van der Waals surface area (Å²) < 4.78 is 1.10. The van der Waals surface area contributed by atoms with Crippen LogP contribution in [0.25, 0.3) is 0 Å². The van der Waals surface area contributed by atoms with Gasteiger partial charge in [0.1, 0.15) is 0 Å². The van der Waals surface area contributed by atoms with Crippen molar-refractivity contribution in [3.8, 4) is 0 Å². The molecule has 180 valence electrons. The van der Waals surface area contributed by atoms with Crippen LogP contribution in [0.1, 0.15) is 110 Å². The summed E-state index contributed by atoms with van der Waals surface area (Å²) in [6, 6.07) is 8.04. The van der Waals surface area contributed by atoms with Gasteiger partial charge in [-0.2, -0.15) is 0 Å². The summed E-state index contributed by atoms with van der Waals surface area (Å²) in [6.45, 7) is 5.74. The number of hydrogen-bond donors (Lipinski definition) is 2. The number of anilines is 2. The summed E-state index contributed by atoms with van der Waals surface area (Å²) in [5.74, 6) is 0. The van der Waals surface area contributed by atoms with Gasteiger partial charge >= 0.3 is 0 Å². The molecule has 0 aliphatic carbocycles. The van der Waals surface area contributed by atoms with Gasteiger partial charge in [0.05, 0.1) is 33.7 Å². The molecule has 3 N–H and O–H groups in total. The Morgan fingerprint density at radius 2 is 1.03 bits per heavy atom. The van der Waals surface area contributed by atoms with Crippen LogP contribution < -0.4 is 11.1 Å². The maximum absolute atomic E-state index is 5.75. The molecule has 0 radical (unpaired) electrons. The summed E-state index contributed by atoms with van der Waals surface area (Å²) in [6.07, 6.45) is 23.0. The Labute approximate surface area is 194 Å². The molecule has 1 aromatic rings. The van der Waals surface area contributed by atoms with Crippen molar-refractivity contribution in [1.82, 2.24) is 0 Å². The van der Waals surface area contributed by atoms with Crippen LogP contribution in [0.3, 0.4) is 0 Å². The lowest BCUT2D eigenvalue weighted by atomic mass is 10.0. The van der Waals surface area contributed by atoms with Crippen molar-refractivity contribution >= 4 is 11.4 Å². The van der Waals surface area contributed by atoms with E-state index in [9.17, 15) is 0 Å². The Kier molecular flexibility index (Phi) is 16.5. The first-order chi connectivity index (χ1) is 15.0. The van der Waals surface area contributed by atoms with Crippen molar-refractivity contribution < 1.29 is 4.48 Å². The number of likely N-dealkylation sites (N-methyl/N-ethyl adjacent to an activating group) is 1. The van der Waals surface area contributed by atoms with E-state index >= 15 is 0 Å². The number of nitrogens with zero attached hydrogens (tertiary/aromatic N) is 1. The zero-order valence-electron chi connectivity index (χ0n) is 21.3. The average molecular weight is 433 g/mol. The molecule has 0 aliphatic rings. The fourth-order valence-corrected chi connectivity index (χ4v) is 4.30. The van der Waals surface area contributed by atoms with Crippen molar-refractivity contribution in [2.45, 2.75) is 110 Å². The third-order valence-corrected chi connectivity index (χ3v) is 6.57. The second kappa shape index (κ2) is 18.4. The van der Waals surface area contributed by atoms with Crippen LogP contribution in [0.2, 0.25) is 0 Å². The molecule has 0 fully saturated rings. The van der Waals surface area contributed by atoms with Gasteiger partial charge in [-0.3, -0.25) is 0 Å². The first-order valence-electron chi connectivity index (χ1n) is 13.4. The number of quaternary nitrogens is 1. The van der Waals surface area contributed by atoms with Gasteiger partial charge in [0.15, 0.2) is 0 Å². The Morgan fingerprint density at radius 1 is 0.613 bits per heavy atom. The highest BCUT2D eigenvalue weighted by Gasteiger charge is 2.13. The van der Waals surface area contributed by atoms with E-state index in [4.69, 9.17) is 5.73 Å². The highest BCUT2D eigenvalue weighted by molar-refractivity contribution is 5.51. The first-order valence-corrected chi connectivity index (χ1v) is 13.4. The van der Waals surface area contributed by atoms with Gasteiger partial charge in [-0.15, -0.1) is 0 Å². The standard InChI is InChI=1S/C28H54N3/c1-4-5-6-7-8-9-10-11-12-13-14-15-16-17-18-19-25-31(2,3)26-24-30-28-22-20-27(29)21-23-28/h20-23,30H,4-19,24-26,29H2,1-3H3/q+1. The van der Waals surface area contributed by atoms with Gasteiger partial charge in [-0.1, -0.05) is 96.8 Å². The molecule has 3 heteroatoms. The Balaban J connectivity index is 1.84. The maximum Gasteiger partial charge on any atom is 0.0958 e. The minimum Gasteiger partial charge on any atom is -0.399 e. The van der Waals surface area contributed by atoms with E-state index in [-0.39, 0.29) is 0 Å². The molecule has 0 aromatic heterocycles. The highest BCUT2D eigenvalue weighted by Crippen LogP contribution is 2.14. The molecular weight excluding hydrogens is 378 g/mol. The van der Waals surface area contributed by atoms with Crippen LogP contribution >= 0.6 is 0 Å². The predicted molar refractivity (Wildman–Crippen MR) is 141 cm³/mol. The summed E-state index contributed by atoms with van der Waals surface area (Å²) in [5, 5.41) is 3.51. The summed E-state index contributed by atoms with van der Waals surface area (Å²) >= 11 is 0. The number of unbranched alkanes of at least 4 members (excludes halogenated alkanes) is 15. The Bertz CT molecular complexity index is 509. The smallest absolute Gasteiger partial charge is 0.0958 e. The molecule has 0 heterocycles. The molecule has 0 amide bonds. The average Bonchev–Trinajstić information content (AvgIpc) is 2.75. The fraction of sp³-hybridized carbons (Fsp3) is 0.786. The van der Waals surface area contributed by atoms with Crippen molar-refractivity contribution in [2.24, 2.45) is 0 Å². The van der Waals surface area contributed by atoms with Crippen molar-refractivity contribution in [2.75, 3.05) is 44.8 Å². The SMILES string of the molecule is CCCCCCCCCCCCCCCCCC[N+](C)(C)CCNc1ccc(N)cc1. The molecular formula is C28H54N3+. The number of hydrogen-bond acceptors (Lipinski definition) is 2. The van der Waals surface area contributed by atoms with Crippen LogP contribution in [0.15, 0.2) is 24.3 Å². The second-order valence-corrected chi connectivity index (χ2v) is 10.2. The first kappa shape index (κ1) is 27.8. The van der Waals surface area contributed by atoms with Crippen LogP contribution in [0, 0.1) is 0 Å². The van der Waals surface area contributed by atoms with E-state index in [0.717, 1.165) is 28.9 Å². The lowest BCUT2D eigenvalue weighted by Gasteiger charge is -2.30. The van der Waals surface area contributed by atoms with Crippen LogP contribution in [0.4, 0.5) is 11.4 Å². The molecule has 0 saturated carbocycles. The molecule has 0 unspecified atom stereocenters. The van der Waals surface area contributed by atoms with E-state index in [1.165, 1.54) is 109 Å². The molecule has 1 aromatic carbocycles. The van der Waals surface area contributed by atoms with Crippen molar-refractivity contribution in [3.05, 3.63) is 24.3 Å². The summed E-state index contributed by atoms with van der Waals surface area (Å²) in [4.78, 5) is 0. The second-order valence-electron chi connectivity index (χ2n) is 10.2. The summed E-state index contributed by atoms with van der Waals surface area (Å²) in [5.41, 5.74) is 7.73. The normalized spacial score (nSPS) is 11.7. The monoisotopic (exact) mass is 432 g/mol. The third kappa shape index (κ3) is 17.1. The van der Waals surface area contributed by atoms with Crippen molar-refractivity contribution in [3.63, 3.8) is 0 Å². The quantitative estimate of drug-likeness (QED) is 0.117. The lowest BCUT2D eigenvalue weighted by Crippen LogP contribution is -2.43. The minimum atomic E-state index is 0.824. The number of benzene rings is 1. The van der Waals surface area contributed by atoms with Crippen LogP contribution in [0.5, 0.6) is 0 Å². The number of nitrogens with one attached hydrogen (secondary N) is 1. The lowest BCUT2D eigenvalue weighted by molar-refractivity contribution is -0.888. The van der Waals surface area contributed by atoms with E-state index < -0.39 is 0 Å². The molecule has 0 atom stereocenters. The summed E-state index contributed by atoms with van der Waals surface area (Å²) in [7, 11) is 4.71. The van der Waals surface area contributed by atoms with E-state index in [2.05, 4.69) is 38.5 Å². The van der Waals surface area contributed by atoms with Crippen LogP contribution in [-0.4, -0.2) is 38.2 Å². The Hall–Kier alpha value is -1.22. The number of rotatable bonds is 21. The molecule has 31 heavy (non-hydrogen) atoms. The van der Waals surface area contributed by atoms with E-state index in [1.807, 2.05) is 12.1 Å². The fourth-order valence-electron chi connectivity index (χ4n) is 4.30. The zero-order chi connectivity index (χ0) is 22.6. The maximum atomic E-state index is 5.75. The Morgan fingerprint density at radius 3 is 1.48 bits per heavy atom. The van der Waals surface area contributed by atoms with E-state index in [1.54, 1.807) is 0 Å². The highest BCUT2D eigenvalue weighted by atomic mass is 15.3.